The minimum Gasteiger partial charge on any atom is -0.490 e. The number of hydrogen-bond donors (Lipinski definition) is 0. The van der Waals surface area contributed by atoms with Crippen LogP contribution in [0.15, 0.2) is 65.9 Å². The number of nitrogens with zero attached hydrogens (tertiary/aromatic N) is 1. The first-order chi connectivity index (χ1) is 18.0. The van der Waals surface area contributed by atoms with Gasteiger partial charge in [0.05, 0.1) is 19.6 Å². The number of aromatic nitrogens is 1. The van der Waals surface area contributed by atoms with Crippen LogP contribution in [0.1, 0.15) is 12.1 Å². The summed E-state index contributed by atoms with van der Waals surface area (Å²) in [4.78, 5) is 22.7. The Balaban J connectivity index is 1.38. The molecule has 0 atom stereocenters. The zero-order chi connectivity index (χ0) is 26.5. The lowest BCUT2D eigenvalue weighted by Crippen LogP contribution is -2.13. The molecule has 0 aliphatic rings. The highest BCUT2D eigenvalue weighted by Gasteiger charge is 2.14. The number of esters is 2. The molecule has 0 N–H and O–H groups in total. The Labute approximate surface area is 211 Å². The van der Waals surface area contributed by atoms with Gasteiger partial charge < -0.3 is 28.2 Å². The van der Waals surface area contributed by atoms with Gasteiger partial charge in [0, 0.05) is 12.1 Å². The lowest BCUT2D eigenvalue weighted by Gasteiger charge is -2.11. The van der Waals surface area contributed by atoms with Gasteiger partial charge >= 0.3 is 11.9 Å². The monoisotopic (exact) mass is 517 g/mol. The van der Waals surface area contributed by atoms with E-state index in [9.17, 15) is 18.4 Å². The lowest BCUT2D eigenvalue weighted by molar-refractivity contribution is -0.145. The summed E-state index contributed by atoms with van der Waals surface area (Å²) in [6.45, 7) is 3.46. The summed E-state index contributed by atoms with van der Waals surface area (Å²) in [6, 6.07) is 10.5. The fourth-order valence-corrected chi connectivity index (χ4v) is 2.98. The fraction of sp³-hybridized carbons (Fsp3) is 0.269. The Morgan fingerprint density at radius 3 is 2.27 bits per heavy atom. The van der Waals surface area contributed by atoms with Crippen molar-refractivity contribution in [3.05, 3.63) is 78.7 Å². The zero-order valence-corrected chi connectivity index (χ0v) is 19.8. The first kappa shape index (κ1) is 27.3. The zero-order valence-electron chi connectivity index (χ0n) is 19.8. The van der Waals surface area contributed by atoms with Crippen LogP contribution >= 0.6 is 0 Å². The molecular formula is C26H25F2NO8. The van der Waals surface area contributed by atoms with Crippen LogP contribution in [-0.2, 0) is 30.4 Å². The summed E-state index contributed by atoms with van der Waals surface area (Å²) in [5.41, 5.74) is 1.48. The highest BCUT2D eigenvalue weighted by Crippen LogP contribution is 2.30. The molecule has 3 aromatic rings. The van der Waals surface area contributed by atoms with Crippen molar-refractivity contribution >= 4 is 11.9 Å². The van der Waals surface area contributed by atoms with Crippen LogP contribution in [0.2, 0.25) is 0 Å². The average Bonchev–Trinajstić information content (AvgIpc) is 3.42. The van der Waals surface area contributed by atoms with Gasteiger partial charge in [0.15, 0.2) is 17.4 Å². The molecule has 0 spiro atoms. The fourth-order valence-electron chi connectivity index (χ4n) is 2.98. The van der Waals surface area contributed by atoms with E-state index in [4.69, 9.17) is 23.7 Å². The third-order valence-corrected chi connectivity index (χ3v) is 4.73. The van der Waals surface area contributed by atoms with Crippen LogP contribution in [0.3, 0.4) is 0 Å². The van der Waals surface area contributed by atoms with Gasteiger partial charge in [0.25, 0.3) is 0 Å². The number of carbonyl (C=O) groups excluding carboxylic acids is 2. The van der Waals surface area contributed by atoms with Crippen molar-refractivity contribution in [2.24, 2.45) is 0 Å². The molecule has 2 aromatic carbocycles. The second kappa shape index (κ2) is 14.3. The molecule has 1 aromatic heterocycles. The third-order valence-electron chi connectivity index (χ3n) is 4.73. The standard InChI is InChI=1S/C26H25F2NO8/c1-2-24(30)34-13-14-36-26-22(27)15-19(16-23(26)28)18-3-5-21(6-4-18)33-11-12-35-25(31)8-9-32-17-20-7-10-37-29-20/h2-7,10,15-16H,1,8-9,11-14,17H2. The first-order valence-electron chi connectivity index (χ1n) is 11.2. The molecule has 0 radical (unpaired) electrons. The number of ether oxygens (including phenoxy) is 5. The van der Waals surface area contributed by atoms with E-state index in [1.165, 1.54) is 6.26 Å². The van der Waals surface area contributed by atoms with Crippen molar-refractivity contribution in [2.75, 3.05) is 33.0 Å². The number of rotatable bonds is 15. The summed E-state index contributed by atoms with van der Waals surface area (Å²) in [5, 5.41) is 3.69. The van der Waals surface area contributed by atoms with Crippen LogP contribution in [0, 0.1) is 11.6 Å². The van der Waals surface area contributed by atoms with Gasteiger partial charge in [-0.15, -0.1) is 0 Å². The normalized spacial score (nSPS) is 10.5. The Morgan fingerprint density at radius 2 is 1.59 bits per heavy atom. The average molecular weight is 517 g/mol. The van der Waals surface area contributed by atoms with E-state index in [1.54, 1.807) is 30.3 Å². The molecule has 196 valence electrons. The van der Waals surface area contributed by atoms with E-state index in [1.807, 2.05) is 0 Å². The summed E-state index contributed by atoms with van der Waals surface area (Å²) in [6.07, 6.45) is 2.50. The van der Waals surface area contributed by atoms with E-state index in [-0.39, 0.29) is 46.1 Å². The van der Waals surface area contributed by atoms with Gasteiger partial charge in [-0.2, -0.15) is 0 Å². The minimum absolute atomic E-state index is 0.0501. The van der Waals surface area contributed by atoms with Crippen LogP contribution in [0.5, 0.6) is 11.5 Å². The predicted molar refractivity (Wildman–Crippen MR) is 126 cm³/mol. The summed E-state index contributed by atoms with van der Waals surface area (Å²) in [7, 11) is 0. The van der Waals surface area contributed by atoms with Crippen LogP contribution in [-0.4, -0.2) is 50.1 Å². The van der Waals surface area contributed by atoms with Crippen LogP contribution in [0.25, 0.3) is 11.1 Å². The molecule has 0 aliphatic carbocycles. The van der Waals surface area contributed by atoms with Gasteiger partial charge in [-0.3, -0.25) is 4.79 Å². The topological polar surface area (TPSA) is 106 Å². The van der Waals surface area contributed by atoms with E-state index in [2.05, 4.69) is 16.3 Å². The highest BCUT2D eigenvalue weighted by atomic mass is 19.1. The molecule has 37 heavy (non-hydrogen) atoms. The number of hydrogen-bond acceptors (Lipinski definition) is 9. The second-order valence-electron chi connectivity index (χ2n) is 7.38. The Morgan fingerprint density at radius 1 is 0.892 bits per heavy atom. The quantitative estimate of drug-likeness (QED) is 0.166. The summed E-state index contributed by atoms with van der Waals surface area (Å²) in [5.74, 6) is -2.94. The second-order valence-corrected chi connectivity index (χ2v) is 7.38. The highest BCUT2D eigenvalue weighted by molar-refractivity contribution is 5.81. The largest absolute Gasteiger partial charge is 0.490 e. The molecule has 0 aliphatic heterocycles. The Bertz CT molecular complexity index is 1140. The molecular weight excluding hydrogens is 492 g/mol. The molecule has 0 saturated heterocycles. The van der Waals surface area contributed by atoms with Crippen LogP contribution < -0.4 is 9.47 Å². The third kappa shape index (κ3) is 9.04. The number of halogens is 2. The van der Waals surface area contributed by atoms with Crippen LogP contribution in [0.4, 0.5) is 8.78 Å². The Hall–Kier alpha value is -4.25. The molecule has 3 rings (SSSR count). The summed E-state index contributed by atoms with van der Waals surface area (Å²) >= 11 is 0. The van der Waals surface area contributed by atoms with Crippen molar-refractivity contribution in [3.63, 3.8) is 0 Å². The molecule has 11 heteroatoms. The van der Waals surface area contributed by atoms with Gasteiger partial charge in [0.2, 0.25) is 0 Å². The van der Waals surface area contributed by atoms with E-state index >= 15 is 0 Å². The molecule has 0 saturated carbocycles. The van der Waals surface area contributed by atoms with Crippen molar-refractivity contribution in [3.8, 4) is 22.6 Å². The SMILES string of the molecule is C=CC(=O)OCCOc1c(F)cc(-c2ccc(OCCOC(=O)CCOCc3ccon3)cc2)cc1F. The van der Waals surface area contributed by atoms with Crippen molar-refractivity contribution in [2.45, 2.75) is 13.0 Å². The summed E-state index contributed by atoms with van der Waals surface area (Å²) < 4.78 is 59.1. The van der Waals surface area contributed by atoms with E-state index in [0.717, 1.165) is 18.2 Å². The molecule has 9 nitrogen and oxygen atoms in total. The lowest BCUT2D eigenvalue weighted by atomic mass is 10.0. The molecule has 0 fully saturated rings. The van der Waals surface area contributed by atoms with Crippen molar-refractivity contribution in [1.82, 2.24) is 5.16 Å². The molecule has 1 heterocycles. The van der Waals surface area contributed by atoms with Crippen molar-refractivity contribution in [1.29, 1.82) is 0 Å². The molecule has 0 bridgehead atoms. The van der Waals surface area contributed by atoms with Gasteiger partial charge in [-0.05, 0) is 35.4 Å². The Kier molecular flexibility index (Phi) is 10.6. The van der Waals surface area contributed by atoms with Gasteiger partial charge in [-0.25, -0.2) is 13.6 Å². The number of carbonyl (C=O) groups is 2. The first-order valence-corrected chi connectivity index (χ1v) is 11.2. The number of benzene rings is 2. The molecule has 0 amide bonds. The maximum atomic E-state index is 14.4. The molecule has 0 unspecified atom stereocenters. The van der Waals surface area contributed by atoms with Crippen molar-refractivity contribution < 1.29 is 46.6 Å². The minimum atomic E-state index is -0.893. The van der Waals surface area contributed by atoms with E-state index in [0.29, 0.717) is 22.6 Å². The van der Waals surface area contributed by atoms with E-state index < -0.39 is 29.3 Å². The predicted octanol–water partition coefficient (Wildman–Crippen LogP) is 4.26. The smallest absolute Gasteiger partial charge is 0.330 e. The maximum absolute atomic E-state index is 14.4. The van der Waals surface area contributed by atoms with Gasteiger partial charge in [0.1, 0.15) is 44.1 Å². The maximum Gasteiger partial charge on any atom is 0.330 e. The van der Waals surface area contributed by atoms with Gasteiger partial charge in [-0.1, -0.05) is 23.9 Å².